The summed E-state index contributed by atoms with van der Waals surface area (Å²) in [6.07, 6.45) is 7.37. The van der Waals surface area contributed by atoms with E-state index in [0.717, 1.165) is 32.2 Å². The summed E-state index contributed by atoms with van der Waals surface area (Å²) in [6, 6.07) is 0. The molecule has 5 heteroatoms. The number of nitrogens with zero attached hydrogens (tertiary/aromatic N) is 1. The Kier molecular flexibility index (Phi) is 4.76. The Bertz CT molecular complexity index is 353. The molecule has 0 aromatic carbocycles. The SMILES string of the molecule is CSC(C)CN1CCC(=O)NC2(CCCCC2)C1=O. The third-order valence-electron chi connectivity index (χ3n) is 4.27. The fourth-order valence-electron chi connectivity index (χ4n) is 3.08. The van der Waals surface area contributed by atoms with E-state index in [1.807, 2.05) is 4.90 Å². The van der Waals surface area contributed by atoms with Crippen molar-refractivity contribution < 1.29 is 9.59 Å². The van der Waals surface area contributed by atoms with Crippen LogP contribution in [0.4, 0.5) is 0 Å². The van der Waals surface area contributed by atoms with Gasteiger partial charge in [0.25, 0.3) is 0 Å². The third-order valence-corrected chi connectivity index (χ3v) is 5.22. The van der Waals surface area contributed by atoms with Crippen LogP contribution in [0.1, 0.15) is 45.4 Å². The van der Waals surface area contributed by atoms with E-state index < -0.39 is 5.54 Å². The zero-order valence-corrected chi connectivity index (χ0v) is 12.7. The maximum Gasteiger partial charge on any atom is 0.248 e. The minimum Gasteiger partial charge on any atom is -0.342 e. The number of hydrogen-bond acceptors (Lipinski definition) is 3. The van der Waals surface area contributed by atoms with Gasteiger partial charge in [-0.3, -0.25) is 9.59 Å². The van der Waals surface area contributed by atoms with Gasteiger partial charge in [-0.05, 0) is 19.1 Å². The van der Waals surface area contributed by atoms with E-state index in [0.29, 0.717) is 18.2 Å². The molecule has 0 aromatic heterocycles. The van der Waals surface area contributed by atoms with Crippen molar-refractivity contribution >= 4 is 23.6 Å². The second-order valence-electron chi connectivity index (χ2n) is 5.74. The van der Waals surface area contributed by atoms with Crippen molar-refractivity contribution in [2.75, 3.05) is 19.3 Å². The van der Waals surface area contributed by atoms with Crippen molar-refractivity contribution in [2.45, 2.75) is 56.2 Å². The molecular weight excluding hydrogens is 260 g/mol. The molecule has 1 aliphatic heterocycles. The van der Waals surface area contributed by atoms with Crippen LogP contribution in [-0.2, 0) is 9.59 Å². The summed E-state index contributed by atoms with van der Waals surface area (Å²) in [5, 5.41) is 3.44. The highest BCUT2D eigenvalue weighted by Crippen LogP contribution is 2.31. The maximum absolute atomic E-state index is 12.8. The summed E-state index contributed by atoms with van der Waals surface area (Å²) in [6.45, 7) is 3.44. The Labute approximate surface area is 119 Å². The van der Waals surface area contributed by atoms with E-state index in [1.165, 1.54) is 6.42 Å². The van der Waals surface area contributed by atoms with E-state index in [4.69, 9.17) is 0 Å². The first kappa shape index (κ1) is 14.7. The first-order chi connectivity index (χ1) is 9.07. The molecule has 0 radical (unpaired) electrons. The van der Waals surface area contributed by atoms with Gasteiger partial charge < -0.3 is 10.2 Å². The monoisotopic (exact) mass is 284 g/mol. The summed E-state index contributed by atoms with van der Waals surface area (Å²) in [5.74, 6) is 0.188. The summed E-state index contributed by atoms with van der Waals surface area (Å²) in [4.78, 5) is 26.6. The molecule has 4 nitrogen and oxygen atoms in total. The summed E-state index contributed by atoms with van der Waals surface area (Å²) >= 11 is 1.76. The van der Waals surface area contributed by atoms with Crippen LogP contribution in [0.3, 0.4) is 0 Å². The first-order valence-electron chi connectivity index (χ1n) is 7.20. The topological polar surface area (TPSA) is 49.4 Å². The van der Waals surface area contributed by atoms with Gasteiger partial charge in [0.1, 0.15) is 5.54 Å². The predicted molar refractivity (Wildman–Crippen MR) is 78.1 cm³/mol. The average Bonchev–Trinajstić information content (AvgIpc) is 2.52. The fourth-order valence-corrected chi connectivity index (χ4v) is 3.41. The van der Waals surface area contributed by atoms with Gasteiger partial charge in [-0.2, -0.15) is 11.8 Å². The number of rotatable bonds is 3. The van der Waals surface area contributed by atoms with E-state index >= 15 is 0 Å². The Morgan fingerprint density at radius 2 is 2.00 bits per heavy atom. The molecule has 1 N–H and O–H groups in total. The minimum absolute atomic E-state index is 0.0366. The first-order valence-corrected chi connectivity index (χ1v) is 8.49. The molecule has 2 amide bonds. The van der Waals surface area contributed by atoms with Crippen molar-refractivity contribution in [2.24, 2.45) is 0 Å². The molecule has 2 aliphatic rings. The van der Waals surface area contributed by atoms with Crippen LogP contribution in [0.5, 0.6) is 0 Å². The number of carbonyl (C=O) groups excluding carboxylic acids is 2. The molecule has 2 fully saturated rings. The number of thioether (sulfide) groups is 1. The third kappa shape index (κ3) is 3.25. The molecule has 1 atom stereocenters. The standard InChI is InChI=1S/C14H24N2O2S/c1-11(19-2)10-16-9-6-12(17)15-14(13(16)18)7-4-3-5-8-14/h11H,3-10H2,1-2H3,(H,15,17). The van der Waals surface area contributed by atoms with Gasteiger partial charge in [-0.25, -0.2) is 0 Å². The summed E-state index contributed by atoms with van der Waals surface area (Å²) in [5.41, 5.74) is -0.593. The van der Waals surface area contributed by atoms with Gasteiger partial charge >= 0.3 is 0 Å². The number of hydrogen-bond donors (Lipinski definition) is 1. The van der Waals surface area contributed by atoms with Crippen molar-refractivity contribution in [3.63, 3.8) is 0 Å². The van der Waals surface area contributed by atoms with E-state index in [-0.39, 0.29) is 11.8 Å². The molecule has 1 aliphatic carbocycles. The minimum atomic E-state index is -0.593. The lowest BCUT2D eigenvalue weighted by molar-refractivity contribution is -0.140. The number of carbonyl (C=O) groups is 2. The van der Waals surface area contributed by atoms with Gasteiger partial charge in [0.05, 0.1) is 0 Å². The highest BCUT2D eigenvalue weighted by Gasteiger charge is 2.45. The molecular formula is C14H24N2O2S. The molecule has 1 spiro atoms. The van der Waals surface area contributed by atoms with Crippen LogP contribution in [-0.4, -0.2) is 46.8 Å². The van der Waals surface area contributed by atoms with E-state index in [9.17, 15) is 9.59 Å². The van der Waals surface area contributed by atoms with Crippen LogP contribution in [0.15, 0.2) is 0 Å². The van der Waals surface area contributed by atoms with E-state index in [1.54, 1.807) is 11.8 Å². The number of nitrogens with one attached hydrogen (secondary N) is 1. The quantitative estimate of drug-likeness (QED) is 0.859. The molecule has 1 saturated heterocycles. The van der Waals surface area contributed by atoms with Crippen LogP contribution >= 0.6 is 11.8 Å². The highest BCUT2D eigenvalue weighted by atomic mass is 32.2. The molecule has 0 bridgehead atoms. The Morgan fingerprint density at radius 3 is 2.63 bits per heavy atom. The summed E-state index contributed by atoms with van der Waals surface area (Å²) < 4.78 is 0. The normalized spacial score (nSPS) is 25.1. The second kappa shape index (κ2) is 6.16. The average molecular weight is 284 g/mol. The molecule has 108 valence electrons. The lowest BCUT2D eigenvalue weighted by atomic mass is 9.80. The van der Waals surface area contributed by atoms with E-state index in [2.05, 4.69) is 18.5 Å². The molecule has 2 rings (SSSR count). The van der Waals surface area contributed by atoms with Crippen molar-refractivity contribution in [1.82, 2.24) is 10.2 Å². The maximum atomic E-state index is 12.8. The van der Waals surface area contributed by atoms with Crippen LogP contribution in [0.25, 0.3) is 0 Å². The molecule has 1 unspecified atom stereocenters. The lowest BCUT2D eigenvalue weighted by Crippen LogP contribution is -2.58. The highest BCUT2D eigenvalue weighted by molar-refractivity contribution is 7.99. The van der Waals surface area contributed by atoms with Gasteiger partial charge in [0.2, 0.25) is 11.8 Å². The lowest BCUT2D eigenvalue weighted by Gasteiger charge is -2.38. The predicted octanol–water partition coefficient (Wildman–Crippen LogP) is 1.79. The van der Waals surface area contributed by atoms with Gasteiger partial charge in [-0.1, -0.05) is 26.2 Å². The Balaban J connectivity index is 2.17. The van der Waals surface area contributed by atoms with Gasteiger partial charge in [0.15, 0.2) is 0 Å². The van der Waals surface area contributed by atoms with Gasteiger partial charge in [-0.15, -0.1) is 0 Å². The smallest absolute Gasteiger partial charge is 0.248 e. The van der Waals surface area contributed by atoms with Crippen molar-refractivity contribution in [3.8, 4) is 0 Å². The molecule has 1 saturated carbocycles. The zero-order valence-electron chi connectivity index (χ0n) is 11.9. The Morgan fingerprint density at radius 1 is 1.32 bits per heavy atom. The molecule has 1 heterocycles. The second-order valence-corrected chi connectivity index (χ2v) is 7.01. The fraction of sp³-hybridized carbons (Fsp3) is 0.857. The molecule has 19 heavy (non-hydrogen) atoms. The van der Waals surface area contributed by atoms with Crippen LogP contribution in [0.2, 0.25) is 0 Å². The van der Waals surface area contributed by atoms with Crippen LogP contribution in [0, 0.1) is 0 Å². The van der Waals surface area contributed by atoms with Crippen molar-refractivity contribution in [3.05, 3.63) is 0 Å². The van der Waals surface area contributed by atoms with Crippen LogP contribution < -0.4 is 5.32 Å². The zero-order chi connectivity index (χ0) is 13.9. The largest absolute Gasteiger partial charge is 0.342 e. The van der Waals surface area contributed by atoms with Gasteiger partial charge in [0, 0.05) is 24.8 Å². The van der Waals surface area contributed by atoms with Crippen molar-refractivity contribution in [1.29, 1.82) is 0 Å². The Hall–Kier alpha value is -0.710. The molecule has 0 aromatic rings. The summed E-state index contributed by atoms with van der Waals surface area (Å²) in [7, 11) is 0. The number of amides is 2.